The maximum absolute atomic E-state index is 12.6. The number of pyridine rings is 1. The molecule has 6 nitrogen and oxygen atoms in total. The van der Waals surface area contributed by atoms with Crippen LogP contribution in [0.1, 0.15) is 28.7 Å². The van der Waals surface area contributed by atoms with Crippen molar-refractivity contribution in [1.82, 2.24) is 4.98 Å². The first kappa shape index (κ1) is 20.4. The summed E-state index contributed by atoms with van der Waals surface area (Å²) in [6, 6.07) is 18.2. The molecule has 1 heterocycles. The molecule has 0 spiro atoms. The molecule has 1 N–H and O–H groups in total. The summed E-state index contributed by atoms with van der Waals surface area (Å²) in [5.74, 6) is 1.88. The Balaban J connectivity index is 1.68. The molecule has 0 atom stereocenters. The molecule has 6 heteroatoms. The number of ether oxygens (including phenoxy) is 3. The molecule has 0 bridgehead atoms. The van der Waals surface area contributed by atoms with Gasteiger partial charge in [0.25, 0.3) is 5.91 Å². The highest BCUT2D eigenvalue weighted by molar-refractivity contribution is 6.05. The van der Waals surface area contributed by atoms with Gasteiger partial charge in [-0.2, -0.15) is 0 Å². The Morgan fingerprint density at radius 3 is 2.45 bits per heavy atom. The first-order valence-corrected chi connectivity index (χ1v) is 9.36. The summed E-state index contributed by atoms with van der Waals surface area (Å²) in [5.41, 5.74) is 2.59. The number of amides is 1. The predicted molar refractivity (Wildman–Crippen MR) is 112 cm³/mol. The van der Waals surface area contributed by atoms with Crippen LogP contribution in [0, 0.1) is 6.92 Å². The minimum absolute atomic E-state index is 0.225. The Hall–Kier alpha value is -3.38. The number of methoxy groups -OCH3 is 1. The molecule has 150 valence electrons. The summed E-state index contributed by atoms with van der Waals surface area (Å²) in [4.78, 5) is 17.0. The van der Waals surface area contributed by atoms with Crippen LogP contribution in [0.3, 0.4) is 0 Å². The molecule has 0 aliphatic carbocycles. The van der Waals surface area contributed by atoms with Gasteiger partial charge in [-0.25, -0.2) is 0 Å². The Morgan fingerprint density at radius 2 is 1.76 bits per heavy atom. The minimum Gasteiger partial charge on any atom is -0.494 e. The van der Waals surface area contributed by atoms with E-state index >= 15 is 0 Å². The minimum atomic E-state index is -0.225. The maximum Gasteiger partial charge on any atom is 0.257 e. The molecule has 0 aliphatic rings. The normalized spacial score (nSPS) is 10.4. The van der Waals surface area contributed by atoms with Crippen LogP contribution in [0.25, 0.3) is 0 Å². The van der Waals surface area contributed by atoms with Gasteiger partial charge in [0, 0.05) is 18.9 Å². The topological polar surface area (TPSA) is 69.7 Å². The van der Waals surface area contributed by atoms with Gasteiger partial charge in [-0.05, 0) is 62.4 Å². The first-order chi connectivity index (χ1) is 14.1. The summed E-state index contributed by atoms with van der Waals surface area (Å²) in [7, 11) is 1.61. The molecule has 2 aromatic carbocycles. The Morgan fingerprint density at radius 1 is 1.00 bits per heavy atom. The van der Waals surface area contributed by atoms with Gasteiger partial charge in [0.2, 0.25) is 0 Å². The number of nitrogens with zero attached hydrogens (tertiary/aromatic N) is 1. The zero-order valence-electron chi connectivity index (χ0n) is 16.8. The predicted octanol–water partition coefficient (Wildman–Crippen LogP) is 4.98. The Bertz CT molecular complexity index is 971. The van der Waals surface area contributed by atoms with Gasteiger partial charge in [0.1, 0.15) is 17.2 Å². The largest absolute Gasteiger partial charge is 0.494 e. The number of anilines is 1. The van der Waals surface area contributed by atoms with Crippen LogP contribution < -0.4 is 14.8 Å². The number of aromatic nitrogens is 1. The van der Waals surface area contributed by atoms with E-state index in [0.29, 0.717) is 41.7 Å². The van der Waals surface area contributed by atoms with Crippen molar-refractivity contribution in [2.75, 3.05) is 19.0 Å². The smallest absolute Gasteiger partial charge is 0.257 e. The highest BCUT2D eigenvalue weighted by Crippen LogP contribution is 2.26. The average Bonchev–Trinajstić information content (AvgIpc) is 2.70. The van der Waals surface area contributed by atoms with Crippen molar-refractivity contribution in [3.05, 3.63) is 77.6 Å². The second kappa shape index (κ2) is 9.71. The summed E-state index contributed by atoms with van der Waals surface area (Å²) in [6.07, 6.45) is 0. The van der Waals surface area contributed by atoms with Crippen molar-refractivity contribution in [2.45, 2.75) is 20.5 Å². The fourth-order valence-corrected chi connectivity index (χ4v) is 2.82. The zero-order chi connectivity index (χ0) is 20.6. The maximum atomic E-state index is 12.6. The average molecular weight is 392 g/mol. The lowest BCUT2D eigenvalue weighted by Gasteiger charge is -2.11. The molecule has 0 saturated heterocycles. The summed E-state index contributed by atoms with van der Waals surface area (Å²) in [5, 5.41) is 2.89. The van der Waals surface area contributed by atoms with Crippen molar-refractivity contribution < 1.29 is 19.0 Å². The van der Waals surface area contributed by atoms with Gasteiger partial charge in [0.05, 0.1) is 30.2 Å². The highest BCUT2D eigenvalue weighted by atomic mass is 16.5. The van der Waals surface area contributed by atoms with Crippen LogP contribution in [-0.2, 0) is 11.3 Å². The second-order valence-electron chi connectivity index (χ2n) is 6.36. The van der Waals surface area contributed by atoms with E-state index in [2.05, 4.69) is 10.3 Å². The molecule has 1 aromatic heterocycles. The van der Waals surface area contributed by atoms with Gasteiger partial charge in [-0.15, -0.1) is 0 Å². The third-order valence-corrected chi connectivity index (χ3v) is 4.14. The van der Waals surface area contributed by atoms with Crippen LogP contribution in [0.5, 0.6) is 17.2 Å². The van der Waals surface area contributed by atoms with Crippen LogP contribution in [0.15, 0.2) is 60.7 Å². The van der Waals surface area contributed by atoms with E-state index < -0.39 is 0 Å². The van der Waals surface area contributed by atoms with E-state index in [1.54, 1.807) is 32.2 Å². The van der Waals surface area contributed by atoms with E-state index in [0.717, 1.165) is 11.4 Å². The van der Waals surface area contributed by atoms with Gasteiger partial charge < -0.3 is 19.5 Å². The molecule has 0 saturated carbocycles. The van der Waals surface area contributed by atoms with E-state index in [-0.39, 0.29) is 5.91 Å². The highest BCUT2D eigenvalue weighted by Gasteiger charge is 2.12. The fourth-order valence-electron chi connectivity index (χ4n) is 2.82. The van der Waals surface area contributed by atoms with Crippen LogP contribution in [0.2, 0.25) is 0 Å². The lowest BCUT2D eigenvalue weighted by Crippen LogP contribution is -2.14. The molecule has 3 aromatic rings. The van der Waals surface area contributed by atoms with E-state index in [1.165, 1.54) is 0 Å². The Kier molecular flexibility index (Phi) is 6.81. The fraction of sp³-hybridized carbons (Fsp3) is 0.217. The second-order valence-corrected chi connectivity index (χ2v) is 6.36. The molecular weight excluding hydrogens is 368 g/mol. The summed E-state index contributed by atoms with van der Waals surface area (Å²) < 4.78 is 16.4. The lowest BCUT2D eigenvalue weighted by molar-refractivity contribution is 0.102. The SMILES string of the molecule is CCOc1ccc(Oc2cccc(NC(=O)c3ccc(COC)nc3C)c2)cc1. The molecule has 29 heavy (non-hydrogen) atoms. The van der Waals surface area contributed by atoms with Gasteiger partial charge >= 0.3 is 0 Å². The Labute approximate surface area is 170 Å². The number of hydrogen-bond donors (Lipinski definition) is 1. The van der Waals surface area contributed by atoms with Crippen molar-refractivity contribution in [2.24, 2.45) is 0 Å². The van der Waals surface area contributed by atoms with Gasteiger partial charge in [-0.1, -0.05) is 6.07 Å². The third-order valence-electron chi connectivity index (χ3n) is 4.14. The standard InChI is InChI=1S/C23H24N2O4/c1-4-28-19-9-11-20(12-10-19)29-21-7-5-6-17(14-21)25-23(26)22-13-8-18(15-27-3)24-16(22)2/h5-14H,4,15H2,1-3H3,(H,25,26). The monoisotopic (exact) mass is 392 g/mol. The first-order valence-electron chi connectivity index (χ1n) is 9.36. The van der Waals surface area contributed by atoms with E-state index in [9.17, 15) is 4.79 Å². The number of benzene rings is 2. The molecule has 1 amide bonds. The van der Waals surface area contributed by atoms with Crippen molar-refractivity contribution in [3.63, 3.8) is 0 Å². The number of carbonyl (C=O) groups is 1. The van der Waals surface area contributed by atoms with E-state index in [1.807, 2.05) is 49.4 Å². The van der Waals surface area contributed by atoms with Crippen molar-refractivity contribution >= 4 is 11.6 Å². The number of aryl methyl sites for hydroxylation is 1. The molecule has 0 unspecified atom stereocenters. The van der Waals surface area contributed by atoms with Gasteiger partial charge in [0.15, 0.2) is 0 Å². The van der Waals surface area contributed by atoms with E-state index in [4.69, 9.17) is 14.2 Å². The third kappa shape index (κ3) is 5.56. The number of carbonyl (C=O) groups excluding carboxylic acids is 1. The van der Waals surface area contributed by atoms with Gasteiger partial charge in [-0.3, -0.25) is 9.78 Å². The van der Waals surface area contributed by atoms with Crippen LogP contribution in [-0.4, -0.2) is 24.6 Å². The number of hydrogen-bond acceptors (Lipinski definition) is 5. The summed E-state index contributed by atoms with van der Waals surface area (Å²) in [6.45, 7) is 4.77. The lowest BCUT2D eigenvalue weighted by atomic mass is 10.1. The van der Waals surface area contributed by atoms with Crippen LogP contribution in [0.4, 0.5) is 5.69 Å². The van der Waals surface area contributed by atoms with Crippen molar-refractivity contribution in [3.8, 4) is 17.2 Å². The van der Waals surface area contributed by atoms with Crippen LogP contribution >= 0.6 is 0 Å². The summed E-state index contributed by atoms with van der Waals surface area (Å²) >= 11 is 0. The molecular formula is C23H24N2O4. The number of nitrogens with one attached hydrogen (secondary N) is 1. The number of rotatable bonds is 8. The zero-order valence-corrected chi connectivity index (χ0v) is 16.8. The molecule has 0 radical (unpaired) electrons. The molecule has 3 rings (SSSR count). The molecule has 0 aliphatic heterocycles. The molecule has 0 fully saturated rings. The quantitative estimate of drug-likeness (QED) is 0.585. The van der Waals surface area contributed by atoms with Crippen molar-refractivity contribution in [1.29, 1.82) is 0 Å².